The molecular weight excluding hydrogens is 132 g/mol. The highest BCUT2D eigenvalue weighted by atomic mass is 28.1. The van der Waals surface area contributed by atoms with Gasteiger partial charge in [-0.15, -0.1) is 11.1 Å². The molecule has 0 N–H and O–H groups in total. The van der Waals surface area contributed by atoms with E-state index in [9.17, 15) is 4.79 Å². The molecule has 0 aromatic carbocycles. The maximum absolute atomic E-state index is 10.2. The maximum atomic E-state index is 10.2. The predicted molar refractivity (Wildman–Crippen MR) is 32.1 cm³/mol. The lowest BCUT2D eigenvalue weighted by molar-refractivity contribution is -0.108. The van der Waals surface area contributed by atoms with Gasteiger partial charge in [0, 0.05) is 0 Å². The Morgan fingerprint density at radius 2 is 1.50 bits per heavy atom. The van der Waals surface area contributed by atoms with E-state index in [1.807, 2.05) is 0 Å². The van der Waals surface area contributed by atoms with E-state index in [2.05, 4.69) is 43.4 Å². The Morgan fingerprint density at radius 1 is 1.12 bits per heavy atom. The zero-order valence-corrected chi connectivity index (χ0v) is 5.91. The average molecular weight is 132 g/mol. The van der Waals surface area contributed by atoms with Gasteiger partial charge in [-0.25, -0.2) is 0 Å². The molecule has 0 saturated heterocycles. The zero-order chi connectivity index (χ0) is 6.41. The van der Waals surface area contributed by atoms with Gasteiger partial charge in [0.25, 0.3) is 5.78 Å². The summed E-state index contributed by atoms with van der Waals surface area (Å²) in [6, 6.07) is 0. The second kappa shape index (κ2) is 4.38. The zero-order valence-electron chi connectivity index (χ0n) is 3.91. The first-order valence-electron chi connectivity index (χ1n) is 1.70. The fourth-order valence-electron chi connectivity index (χ4n) is 0.145. The van der Waals surface area contributed by atoms with Gasteiger partial charge in [-0.3, -0.25) is 4.79 Å². The van der Waals surface area contributed by atoms with Crippen LogP contribution < -0.4 is 0 Å². The third kappa shape index (κ3) is 3.42. The number of carbonyl (C=O) groups is 1. The number of hydrogen-bond acceptors (Lipinski definition) is 1. The van der Waals surface area contributed by atoms with Gasteiger partial charge in [0.2, 0.25) is 0 Å². The summed E-state index contributed by atoms with van der Waals surface area (Å²) in [5, 5.41) is 0. The van der Waals surface area contributed by atoms with E-state index >= 15 is 0 Å². The molecule has 3 heteroatoms. The van der Waals surface area contributed by atoms with Crippen molar-refractivity contribution in [3.05, 3.63) is 0 Å². The predicted octanol–water partition coefficient (Wildman–Crippen LogP) is -1.19. The normalized spacial score (nSPS) is 5.25. The third-order valence-corrected chi connectivity index (χ3v) is 0.602. The first kappa shape index (κ1) is 7.22. The Kier molecular flexibility index (Phi) is 3.96. The first-order valence-corrected chi connectivity index (χ1v) is 2.70. The van der Waals surface area contributed by atoms with E-state index in [1.54, 1.807) is 0 Å². The third-order valence-electron chi connectivity index (χ3n) is 0.352. The molecule has 6 radical (unpaired) electrons. The lowest BCUT2D eigenvalue weighted by Gasteiger charge is -1.65. The van der Waals surface area contributed by atoms with Gasteiger partial charge in [0.1, 0.15) is 20.5 Å². The monoisotopic (exact) mass is 132 g/mol. The van der Waals surface area contributed by atoms with Crippen LogP contribution in [0.5, 0.6) is 0 Å². The van der Waals surface area contributed by atoms with E-state index in [-0.39, 0.29) is 0 Å². The molecule has 0 unspecified atom stereocenters. The Labute approximate surface area is 54.7 Å². The minimum atomic E-state index is -0.407. The smallest absolute Gasteiger partial charge is 0.270 e. The molecule has 0 heterocycles. The van der Waals surface area contributed by atoms with Gasteiger partial charge >= 0.3 is 0 Å². The van der Waals surface area contributed by atoms with Crippen molar-refractivity contribution in [3.8, 4) is 22.9 Å². The molecule has 0 amide bonds. The molecule has 0 aliphatic rings. The Morgan fingerprint density at radius 3 is 1.75 bits per heavy atom. The van der Waals surface area contributed by atoms with E-state index < -0.39 is 5.78 Å². The largest absolute Gasteiger partial charge is 0.277 e. The molecule has 1 nitrogen and oxygen atoms in total. The number of ketones is 1. The van der Waals surface area contributed by atoms with Crippen LogP contribution in [0.1, 0.15) is 0 Å². The lowest BCUT2D eigenvalue weighted by Crippen LogP contribution is -1.85. The molecule has 0 aromatic heterocycles. The van der Waals surface area contributed by atoms with Gasteiger partial charge in [-0.2, -0.15) is 0 Å². The minimum Gasteiger partial charge on any atom is -0.270 e. The molecule has 8 heavy (non-hydrogen) atoms. The Bertz CT molecular complexity index is 176. The van der Waals surface area contributed by atoms with Gasteiger partial charge < -0.3 is 0 Å². The highest BCUT2D eigenvalue weighted by Crippen LogP contribution is 1.59. The Hall–Kier alpha value is -0.776. The van der Waals surface area contributed by atoms with Crippen LogP contribution >= 0.6 is 0 Å². The van der Waals surface area contributed by atoms with Crippen LogP contribution in [0.3, 0.4) is 0 Å². The van der Waals surface area contributed by atoms with Gasteiger partial charge in [0.05, 0.1) is 0 Å². The molecule has 0 aliphatic carbocycles. The van der Waals surface area contributed by atoms with Crippen molar-refractivity contribution in [2.45, 2.75) is 0 Å². The van der Waals surface area contributed by atoms with Crippen molar-refractivity contribution in [2.75, 3.05) is 0 Å². The summed E-state index contributed by atoms with van der Waals surface area (Å²) in [6.07, 6.45) is 0. The summed E-state index contributed by atoms with van der Waals surface area (Å²) in [6.45, 7) is 0. The molecule has 34 valence electrons. The second-order valence-corrected chi connectivity index (χ2v) is 1.33. The summed E-state index contributed by atoms with van der Waals surface area (Å²) in [7, 11) is 5.59. The summed E-state index contributed by atoms with van der Waals surface area (Å²) in [5.41, 5.74) is 4.47. The molecular formula is C5OSi2. The SMILES string of the molecule is O=C(C#C[Si])C#C[Si]. The maximum Gasteiger partial charge on any atom is 0.277 e. The van der Waals surface area contributed by atoms with Crippen LogP contribution in [-0.2, 0) is 4.79 Å². The van der Waals surface area contributed by atoms with Crippen LogP contribution in [0.2, 0.25) is 0 Å². The van der Waals surface area contributed by atoms with Crippen LogP contribution in [0.4, 0.5) is 0 Å². The van der Waals surface area contributed by atoms with Crippen LogP contribution in [0.15, 0.2) is 0 Å². The van der Waals surface area contributed by atoms with Gasteiger partial charge in [0.15, 0.2) is 0 Å². The average Bonchev–Trinajstić information content (AvgIpc) is 1.68. The topological polar surface area (TPSA) is 17.1 Å². The van der Waals surface area contributed by atoms with Crippen LogP contribution in [0, 0.1) is 22.9 Å². The highest BCUT2D eigenvalue weighted by molar-refractivity contribution is 6.28. The number of Topliss-reactive ketones (excluding diaryl/α,β-unsaturated/α-hetero) is 1. The number of rotatable bonds is 0. The van der Waals surface area contributed by atoms with Crippen molar-refractivity contribution < 1.29 is 4.79 Å². The summed E-state index contributed by atoms with van der Waals surface area (Å²) in [4.78, 5) is 10.2. The van der Waals surface area contributed by atoms with Crippen molar-refractivity contribution >= 4 is 26.3 Å². The second-order valence-electron chi connectivity index (χ2n) is 0.829. The van der Waals surface area contributed by atoms with Crippen LogP contribution in [-0.4, -0.2) is 26.3 Å². The van der Waals surface area contributed by atoms with Gasteiger partial charge in [-0.1, -0.05) is 0 Å². The highest BCUT2D eigenvalue weighted by Gasteiger charge is 1.80. The summed E-state index contributed by atoms with van der Waals surface area (Å²) < 4.78 is 0. The van der Waals surface area contributed by atoms with Crippen LogP contribution in [0.25, 0.3) is 0 Å². The van der Waals surface area contributed by atoms with E-state index in [4.69, 9.17) is 0 Å². The fraction of sp³-hybridized carbons (Fsp3) is 0. The molecule has 0 spiro atoms. The standard InChI is InChI=1S/C5OSi2/c6-5(1-3-7)2-4-8. The molecule has 0 saturated carbocycles. The Balaban J connectivity index is 3.92. The minimum absolute atomic E-state index is 0.407. The molecule has 0 aromatic rings. The van der Waals surface area contributed by atoms with Crippen molar-refractivity contribution in [1.82, 2.24) is 0 Å². The molecule has 0 rings (SSSR count). The van der Waals surface area contributed by atoms with E-state index in [0.717, 1.165) is 0 Å². The van der Waals surface area contributed by atoms with Gasteiger partial charge in [-0.05, 0) is 11.8 Å². The lowest BCUT2D eigenvalue weighted by atomic mass is 10.4. The first-order chi connectivity index (χ1) is 3.81. The number of carbonyl (C=O) groups excluding carboxylic acids is 1. The van der Waals surface area contributed by atoms with E-state index in [1.165, 1.54) is 0 Å². The quantitative estimate of drug-likeness (QED) is 0.299. The number of hydrogen-bond donors (Lipinski definition) is 0. The van der Waals surface area contributed by atoms with E-state index in [0.29, 0.717) is 0 Å². The fourth-order valence-corrected chi connectivity index (χ4v) is 0.372. The molecule has 0 atom stereocenters. The van der Waals surface area contributed by atoms with Crippen molar-refractivity contribution in [2.24, 2.45) is 0 Å². The van der Waals surface area contributed by atoms with Crippen molar-refractivity contribution in [1.29, 1.82) is 0 Å². The summed E-state index contributed by atoms with van der Waals surface area (Å²) >= 11 is 0. The van der Waals surface area contributed by atoms with Crippen molar-refractivity contribution in [3.63, 3.8) is 0 Å². The summed E-state index contributed by atoms with van der Waals surface area (Å²) in [5.74, 6) is 3.93. The molecule has 0 fully saturated rings. The molecule has 0 bridgehead atoms. The molecule has 0 aliphatic heterocycles.